The van der Waals surface area contributed by atoms with Crippen molar-refractivity contribution in [1.29, 1.82) is 0 Å². The van der Waals surface area contributed by atoms with Gasteiger partial charge in [-0.05, 0) is 35.4 Å². The van der Waals surface area contributed by atoms with E-state index in [9.17, 15) is 13.2 Å². The van der Waals surface area contributed by atoms with E-state index in [1.165, 1.54) is 18.5 Å². The average molecular weight is 442 g/mol. The number of nitrogens with one attached hydrogen (secondary N) is 1. The Labute approximate surface area is 179 Å². The van der Waals surface area contributed by atoms with Crippen molar-refractivity contribution in [2.75, 3.05) is 17.8 Å². The van der Waals surface area contributed by atoms with Crippen LogP contribution < -0.4 is 20.5 Å². The second-order valence-electron chi connectivity index (χ2n) is 7.21. The van der Waals surface area contributed by atoms with Gasteiger partial charge in [-0.15, -0.1) is 0 Å². The maximum atomic E-state index is 12.8. The molecular formula is C21H17F3N6O2. The lowest BCUT2D eigenvalue weighted by atomic mass is 10.1. The molecule has 2 aromatic carbocycles. The molecule has 0 saturated heterocycles. The lowest BCUT2D eigenvalue weighted by Crippen LogP contribution is -2.08. The predicted molar refractivity (Wildman–Crippen MR) is 110 cm³/mol. The molecule has 3 N–H and O–H groups in total. The molecule has 0 fully saturated rings. The molecular weight excluding hydrogens is 425 g/mol. The maximum Gasteiger partial charge on any atom is 0.416 e. The topological polar surface area (TPSA) is 100 Å². The number of halogens is 3. The summed E-state index contributed by atoms with van der Waals surface area (Å²) in [6.45, 7) is 0.909. The van der Waals surface area contributed by atoms with Gasteiger partial charge in [0, 0.05) is 6.54 Å². The molecule has 0 radical (unpaired) electrons. The van der Waals surface area contributed by atoms with Crippen molar-refractivity contribution < 1.29 is 22.6 Å². The van der Waals surface area contributed by atoms with Crippen LogP contribution in [0.15, 0.2) is 48.8 Å². The van der Waals surface area contributed by atoms with Gasteiger partial charge in [-0.3, -0.25) is 0 Å². The molecule has 0 bridgehead atoms. The number of ether oxygens (including phenoxy) is 2. The Morgan fingerprint density at radius 2 is 1.75 bits per heavy atom. The predicted octanol–water partition coefficient (Wildman–Crippen LogP) is 3.82. The van der Waals surface area contributed by atoms with Crippen molar-refractivity contribution in [2.45, 2.75) is 19.3 Å². The fraction of sp³-hybridized carbons (Fsp3) is 0.190. The second kappa shape index (κ2) is 7.59. The number of nitrogens with two attached hydrogens (primary N) is 1. The van der Waals surface area contributed by atoms with Crippen LogP contribution in [-0.4, -0.2) is 26.3 Å². The monoisotopic (exact) mass is 442 g/mol. The number of nitrogens with zero attached hydrogens (tertiary/aromatic N) is 4. The highest BCUT2D eigenvalue weighted by Gasteiger charge is 2.30. The minimum atomic E-state index is -4.37. The quantitative estimate of drug-likeness (QED) is 0.485. The van der Waals surface area contributed by atoms with Gasteiger partial charge in [0.15, 0.2) is 23.0 Å². The van der Waals surface area contributed by atoms with Gasteiger partial charge in [0.05, 0.1) is 18.4 Å². The Kier molecular flexibility index (Phi) is 4.72. The third-order valence-corrected chi connectivity index (χ3v) is 5.01. The van der Waals surface area contributed by atoms with Crippen molar-refractivity contribution in [3.8, 4) is 11.5 Å². The van der Waals surface area contributed by atoms with E-state index in [0.717, 1.165) is 17.7 Å². The zero-order valence-electron chi connectivity index (χ0n) is 16.6. The SMILES string of the molecule is Nc1nc(NCc2ccc3c(c2)OCO3)nc2c1ncn2Cc1ccc(C(F)(F)F)cc1. The van der Waals surface area contributed by atoms with Gasteiger partial charge in [-0.1, -0.05) is 18.2 Å². The zero-order chi connectivity index (χ0) is 22.3. The molecule has 11 heteroatoms. The highest BCUT2D eigenvalue weighted by molar-refractivity contribution is 5.82. The van der Waals surface area contributed by atoms with Crippen LogP contribution in [0, 0.1) is 0 Å². The molecule has 4 aromatic rings. The summed E-state index contributed by atoms with van der Waals surface area (Å²) in [4.78, 5) is 13.0. The zero-order valence-corrected chi connectivity index (χ0v) is 16.6. The normalized spacial score (nSPS) is 13.0. The first-order chi connectivity index (χ1) is 15.4. The molecule has 0 unspecified atom stereocenters. The summed E-state index contributed by atoms with van der Waals surface area (Å²) in [5.74, 6) is 1.88. The van der Waals surface area contributed by atoms with Gasteiger partial charge in [0.2, 0.25) is 12.7 Å². The molecule has 2 aromatic heterocycles. The smallest absolute Gasteiger partial charge is 0.416 e. The fourth-order valence-electron chi connectivity index (χ4n) is 3.39. The number of rotatable bonds is 5. The van der Waals surface area contributed by atoms with E-state index in [0.29, 0.717) is 40.7 Å². The Balaban J connectivity index is 1.36. The van der Waals surface area contributed by atoms with Crippen molar-refractivity contribution in [3.63, 3.8) is 0 Å². The van der Waals surface area contributed by atoms with Crippen LogP contribution in [-0.2, 0) is 19.3 Å². The lowest BCUT2D eigenvalue weighted by molar-refractivity contribution is -0.137. The Bertz CT molecular complexity index is 1290. The van der Waals surface area contributed by atoms with Gasteiger partial charge >= 0.3 is 6.18 Å². The molecule has 0 amide bonds. The number of fused-ring (bicyclic) bond motifs is 2. The highest BCUT2D eigenvalue weighted by Crippen LogP contribution is 2.33. The molecule has 0 aliphatic carbocycles. The van der Waals surface area contributed by atoms with Gasteiger partial charge in [0.25, 0.3) is 0 Å². The van der Waals surface area contributed by atoms with Crippen LogP contribution in [0.25, 0.3) is 11.2 Å². The number of imidazole rings is 1. The summed E-state index contributed by atoms with van der Waals surface area (Å²) >= 11 is 0. The van der Waals surface area contributed by atoms with Crippen molar-refractivity contribution in [1.82, 2.24) is 19.5 Å². The first-order valence-electron chi connectivity index (χ1n) is 9.64. The van der Waals surface area contributed by atoms with Crippen LogP contribution in [0.1, 0.15) is 16.7 Å². The Morgan fingerprint density at radius 3 is 2.53 bits per heavy atom. The van der Waals surface area contributed by atoms with Crippen molar-refractivity contribution in [2.24, 2.45) is 0 Å². The van der Waals surface area contributed by atoms with Crippen LogP contribution in [0.2, 0.25) is 0 Å². The summed E-state index contributed by atoms with van der Waals surface area (Å²) in [6, 6.07) is 10.6. The molecule has 5 rings (SSSR count). The maximum absolute atomic E-state index is 12.8. The first-order valence-corrected chi connectivity index (χ1v) is 9.64. The lowest BCUT2D eigenvalue weighted by Gasteiger charge is -2.10. The minimum Gasteiger partial charge on any atom is -0.454 e. The van der Waals surface area contributed by atoms with Crippen LogP contribution in [0.5, 0.6) is 11.5 Å². The third-order valence-electron chi connectivity index (χ3n) is 5.01. The van der Waals surface area contributed by atoms with Crippen molar-refractivity contribution >= 4 is 22.9 Å². The Hall–Kier alpha value is -4.02. The average Bonchev–Trinajstić information content (AvgIpc) is 3.39. The molecule has 0 spiro atoms. The summed E-state index contributed by atoms with van der Waals surface area (Å²) in [5, 5.41) is 3.13. The number of benzene rings is 2. The van der Waals surface area contributed by atoms with E-state index in [1.807, 2.05) is 18.2 Å². The molecule has 3 heterocycles. The largest absolute Gasteiger partial charge is 0.454 e. The van der Waals surface area contributed by atoms with Gasteiger partial charge in [-0.2, -0.15) is 23.1 Å². The molecule has 0 atom stereocenters. The van der Waals surface area contributed by atoms with E-state index in [1.54, 1.807) is 4.57 Å². The fourth-order valence-corrected chi connectivity index (χ4v) is 3.39. The molecule has 1 aliphatic rings. The van der Waals surface area contributed by atoms with E-state index < -0.39 is 11.7 Å². The molecule has 1 aliphatic heterocycles. The van der Waals surface area contributed by atoms with E-state index >= 15 is 0 Å². The van der Waals surface area contributed by atoms with Gasteiger partial charge < -0.3 is 25.1 Å². The third kappa shape index (κ3) is 3.84. The summed E-state index contributed by atoms with van der Waals surface area (Å²) in [5.41, 5.74) is 7.86. The van der Waals surface area contributed by atoms with Crippen LogP contribution >= 0.6 is 0 Å². The van der Waals surface area contributed by atoms with E-state index in [-0.39, 0.29) is 19.2 Å². The van der Waals surface area contributed by atoms with Crippen LogP contribution in [0.4, 0.5) is 24.9 Å². The number of hydrogen-bond donors (Lipinski definition) is 2. The first kappa shape index (κ1) is 19.9. The molecule has 8 nitrogen and oxygen atoms in total. The Morgan fingerprint density at radius 1 is 1.00 bits per heavy atom. The standard InChI is InChI=1S/C21H17F3N6O2/c22-21(23,24)14-4-1-12(2-5-14)9-30-10-27-17-18(25)28-20(29-19(17)30)26-8-13-3-6-15-16(7-13)32-11-31-15/h1-7,10H,8-9,11H2,(H3,25,26,28,29). The second-order valence-corrected chi connectivity index (χ2v) is 7.21. The molecule has 164 valence electrons. The summed E-state index contributed by atoms with van der Waals surface area (Å²) < 4.78 is 50.8. The summed E-state index contributed by atoms with van der Waals surface area (Å²) in [7, 11) is 0. The molecule has 0 saturated carbocycles. The highest BCUT2D eigenvalue weighted by atomic mass is 19.4. The van der Waals surface area contributed by atoms with Crippen LogP contribution in [0.3, 0.4) is 0 Å². The van der Waals surface area contributed by atoms with Gasteiger partial charge in [0.1, 0.15) is 5.52 Å². The number of hydrogen-bond acceptors (Lipinski definition) is 7. The van der Waals surface area contributed by atoms with E-state index in [4.69, 9.17) is 15.2 Å². The number of anilines is 2. The summed E-state index contributed by atoms with van der Waals surface area (Å²) in [6.07, 6.45) is -2.84. The molecule has 32 heavy (non-hydrogen) atoms. The number of alkyl halides is 3. The van der Waals surface area contributed by atoms with Gasteiger partial charge in [-0.25, -0.2) is 4.98 Å². The number of aromatic nitrogens is 4. The van der Waals surface area contributed by atoms with Crippen molar-refractivity contribution in [3.05, 3.63) is 65.5 Å². The van der Waals surface area contributed by atoms with E-state index in [2.05, 4.69) is 20.3 Å². The minimum absolute atomic E-state index is 0.200. The number of nitrogen functional groups attached to an aromatic ring is 1.